The number of methoxy groups -OCH3 is 1. The number of ether oxygens (including phenoxy) is 4. The second kappa shape index (κ2) is 21.5. The van der Waals surface area contributed by atoms with Crippen molar-refractivity contribution < 1.29 is 43.3 Å². The van der Waals surface area contributed by atoms with Crippen molar-refractivity contribution in [1.82, 2.24) is 4.90 Å². The summed E-state index contributed by atoms with van der Waals surface area (Å²) in [5, 5.41) is 9.26. The summed E-state index contributed by atoms with van der Waals surface area (Å²) in [4.78, 5) is 54.4. The van der Waals surface area contributed by atoms with Crippen LogP contribution in [0.15, 0.2) is 48.5 Å². The van der Waals surface area contributed by atoms with Gasteiger partial charge in [0.05, 0.1) is 32.4 Å². The third kappa shape index (κ3) is 14.0. The first kappa shape index (κ1) is 38.9. The van der Waals surface area contributed by atoms with Crippen LogP contribution in [0.1, 0.15) is 80.5 Å². The summed E-state index contributed by atoms with van der Waals surface area (Å²) < 4.78 is 22.1. The minimum Gasteiger partial charge on any atom is -0.493 e. The molecule has 2 rings (SSSR count). The van der Waals surface area contributed by atoms with Gasteiger partial charge in [0.15, 0.2) is 11.5 Å². The molecule has 0 aliphatic rings. The van der Waals surface area contributed by atoms with Gasteiger partial charge in [-0.05, 0) is 68.6 Å². The normalized spacial score (nSPS) is 11.4. The van der Waals surface area contributed by atoms with Crippen LogP contribution in [0.5, 0.6) is 11.5 Å². The first-order valence-corrected chi connectivity index (χ1v) is 14.7. The van der Waals surface area contributed by atoms with E-state index in [1.54, 1.807) is 42.5 Å². The molecule has 0 saturated carbocycles. The summed E-state index contributed by atoms with van der Waals surface area (Å²) in [5.41, 5.74) is 1.45. The number of unbranched alkanes of at least 4 members (excludes halogenated alkanes) is 2. The molecule has 0 bridgehead atoms. The summed E-state index contributed by atoms with van der Waals surface area (Å²) >= 11 is 0. The summed E-state index contributed by atoms with van der Waals surface area (Å²) in [5.74, 6) is -1.12. The molecule has 248 valence electrons. The Hall–Kier alpha value is -4.16. The Kier molecular flexibility index (Phi) is 18.6. The van der Waals surface area contributed by atoms with Gasteiger partial charge in [0, 0.05) is 11.6 Å². The van der Waals surface area contributed by atoms with Crippen LogP contribution in [-0.2, 0) is 23.9 Å². The van der Waals surface area contributed by atoms with Gasteiger partial charge >= 0.3 is 17.9 Å². The van der Waals surface area contributed by atoms with Crippen LogP contribution < -0.4 is 9.47 Å². The van der Waals surface area contributed by atoms with E-state index < -0.39 is 23.1 Å². The topological polar surface area (TPSA) is 144 Å². The van der Waals surface area contributed by atoms with Crippen LogP contribution in [0.2, 0.25) is 0 Å². The summed E-state index contributed by atoms with van der Waals surface area (Å²) in [6, 6.07) is 11.7. The number of hydrogen-bond acceptors (Lipinski definition) is 11. The number of rotatable bonds is 20. The standard InChI is InChI=1S/C32H42N2O10.ClH/c1-5-8-15-27(43-31(36)23-33(6-2)7-3)25-13-9-10-14-26(25)32(37)44-28-18-16-24(22-29(28)40-4)17-19-30(35)41-20-11-12-21-42-34(38)39;/h9-10,13-14,16-19,22,27H,5-8,11-12,15,20-21,23H2,1-4H3;1H/b19-17+;/t27-;/m0./s1. The molecule has 0 aromatic heterocycles. The molecule has 2 aromatic rings. The van der Waals surface area contributed by atoms with Crippen molar-refractivity contribution in [1.29, 1.82) is 0 Å². The fourth-order valence-corrected chi connectivity index (χ4v) is 4.21. The third-order valence-corrected chi connectivity index (χ3v) is 6.65. The fourth-order valence-electron chi connectivity index (χ4n) is 4.21. The lowest BCUT2D eigenvalue weighted by molar-refractivity contribution is -0.757. The summed E-state index contributed by atoms with van der Waals surface area (Å²) in [7, 11) is 1.43. The monoisotopic (exact) mass is 650 g/mol. The van der Waals surface area contributed by atoms with E-state index in [1.807, 2.05) is 25.7 Å². The van der Waals surface area contributed by atoms with Gasteiger partial charge in [-0.2, -0.15) is 0 Å². The van der Waals surface area contributed by atoms with E-state index in [9.17, 15) is 24.5 Å². The van der Waals surface area contributed by atoms with Crippen LogP contribution >= 0.6 is 12.4 Å². The first-order chi connectivity index (χ1) is 21.2. The van der Waals surface area contributed by atoms with E-state index in [-0.39, 0.29) is 55.2 Å². The van der Waals surface area contributed by atoms with Gasteiger partial charge < -0.3 is 23.8 Å². The van der Waals surface area contributed by atoms with E-state index in [1.165, 1.54) is 19.3 Å². The highest BCUT2D eigenvalue weighted by Gasteiger charge is 2.24. The highest BCUT2D eigenvalue weighted by molar-refractivity contribution is 5.93. The quantitative estimate of drug-likeness (QED) is 0.0416. The number of carbonyl (C=O) groups is 3. The van der Waals surface area contributed by atoms with Gasteiger partial charge in [-0.1, -0.05) is 51.5 Å². The van der Waals surface area contributed by atoms with Gasteiger partial charge in [0.2, 0.25) is 0 Å². The van der Waals surface area contributed by atoms with Gasteiger partial charge in [-0.15, -0.1) is 22.5 Å². The minimum atomic E-state index is -0.868. The van der Waals surface area contributed by atoms with Gasteiger partial charge in [0.1, 0.15) is 6.10 Å². The van der Waals surface area contributed by atoms with E-state index >= 15 is 0 Å². The molecule has 0 spiro atoms. The molecule has 0 amide bonds. The molecule has 0 radical (unpaired) electrons. The van der Waals surface area contributed by atoms with Gasteiger partial charge in [-0.3, -0.25) is 9.69 Å². The number of benzene rings is 2. The maximum Gasteiger partial charge on any atom is 0.344 e. The van der Waals surface area contributed by atoms with E-state index in [0.29, 0.717) is 30.4 Å². The van der Waals surface area contributed by atoms with Crippen molar-refractivity contribution in [2.45, 2.75) is 59.0 Å². The number of halogens is 1. The van der Waals surface area contributed by atoms with Crippen molar-refractivity contribution in [3.05, 3.63) is 75.3 Å². The molecule has 0 saturated heterocycles. The zero-order chi connectivity index (χ0) is 32.3. The Bertz CT molecular complexity index is 1270. The lowest BCUT2D eigenvalue weighted by atomic mass is 9.98. The predicted octanol–water partition coefficient (Wildman–Crippen LogP) is 6.00. The average Bonchev–Trinajstić information content (AvgIpc) is 3.02. The molecule has 0 unspecified atom stereocenters. The SMILES string of the molecule is CCCC[C@H](OC(=O)CN(CC)CC)c1ccccc1C(=O)Oc1ccc(/C=C/C(=O)OCCCCO[N+](=O)[O-])cc1OC.Cl. The lowest BCUT2D eigenvalue weighted by Gasteiger charge is -2.23. The van der Waals surface area contributed by atoms with Crippen molar-refractivity contribution in [2.24, 2.45) is 0 Å². The molecule has 45 heavy (non-hydrogen) atoms. The van der Waals surface area contributed by atoms with E-state index in [0.717, 1.165) is 25.9 Å². The number of hydrogen-bond donors (Lipinski definition) is 0. The van der Waals surface area contributed by atoms with E-state index in [4.69, 9.17) is 18.9 Å². The largest absolute Gasteiger partial charge is 0.493 e. The molecule has 0 aliphatic carbocycles. The Labute approximate surface area is 270 Å². The molecule has 13 heteroatoms. The average molecular weight is 651 g/mol. The maximum atomic E-state index is 13.4. The molecule has 1 atom stereocenters. The highest BCUT2D eigenvalue weighted by Crippen LogP contribution is 2.32. The second-order valence-corrected chi connectivity index (χ2v) is 9.73. The fraction of sp³-hybridized carbons (Fsp3) is 0.469. The van der Waals surface area contributed by atoms with Crippen molar-refractivity contribution in [3.8, 4) is 11.5 Å². The highest BCUT2D eigenvalue weighted by atomic mass is 35.5. The number of esters is 3. The van der Waals surface area contributed by atoms with Crippen molar-refractivity contribution >= 4 is 36.4 Å². The number of nitrogens with zero attached hydrogens (tertiary/aromatic N) is 2. The zero-order valence-electron chi connectivity index (χ0n) is 26.2. The Morgan fingerprint density at radius 3 is 2.36 bits per heavy atom. The van der Waals surface area contributed by atoms with Crippen LogP contribution in [0.25, 0.3) is 6.08 Å². The molecule has 12 nitrogen and oxygen atoms in total. The lowest BCUT2D eigenvalue weighted by Crippen LogP contribution is -2.31. The molecule has 2 aromatic carbocycles. The van der Waals surface area contributed by atoms with Gasteiger partial charge in [-0.25, -0.2) is 9.59 Å². The molecular weight excluding hydrogens is 608 g/mol. The third-order valence-electron chi connectivity index (χ3n) is 6.65. The van der Waals surface area contributed by atoms with Gasteiger partial charge in [0.25, 0.3) is 5.09 Å². The van der Waals surface area contributed by atoms with Crippen LogP contribution in [0, 0.1) is 10.1 Å². The number of likely N-dealkylation sites (N-methyl/N-ethyl adjacent to an activating group) is 1. The van der Waals surface area contributed by atoms with Crippen LogP contribution in [-0.4, -0.2) is 67.9 Å². The van der Waals surface area contributed by atoms with E-state index in [2.05, 4.69) is 4.84 Å². The van der Waals surface area contributed by atoms with Crippen LogP contribution in [0.4, 0.5) is 0 Å². The molecular formula is C32H43ClN2O10. The minimum absolute atomic E-state index is 0. The Morgan fingerprint density at radius 1 is 0.978 bits per heavy atom. The van der Waals surface area contributed by atoms with Crippen molar-refractivity contribution in [2.75, 3.05) is 40.0 Å². The second-order valence-electron chi connectivity index (χ2n) is 9.73. The predicted molar refractivity (Wildman–Crippen MR) is 170 cm³/mol. The smallest absolute Gasteiger partial charge is 0.344 e. The molecule has 0 fully saturated rings. The Balaban J connectivity index is 0.0000101. The molecule has 0 N–H and O–H groups in total. The van der Waals surface area contributed by atoms with Crippen molar-refractivity contribution in [3.63, 3.8) is 0 Å². The first-order valence-electron chi connectivity index (χ1n) is 14.7. The number of carbonyl (C=O) groups excluding carboxylic acids is 3. The summed E-state index contributed by atoms with van der Waals surface area (Å²) in [6.07, 6.45) is 5.21. The maximum absolute atomic E-state index is 13.4. The molecule has 0 aliphatic heterocycles. The zero-order valence-corrected chi connectivity index (χ0v) is 27.0. The molecule has 0 heterocycles. The van der Waals surface area contributed by atoms with Crippen LogP contribution in [0.3, 0.4) is 0 Å². The summed E-state index contributed by atoms with van der Waals surface area (Å²) in [6.45, 7) is 7.65. The Morgan fingerprint density at radius 2 is 1.69 bits per heavy atom.